The Morgan fingerprint density at radius 1 is 1.50 bits per heavy atom. The first kappa shape index (κ1) is 15.0. The van der Waals surface area contributed by atoms with E-state index in [1.54, 1.807) is 24.3 Å². The molecule has 3 rings (SSSR count). The molecule has 0 spiro atoms. The SMILES string of the molecule is O=C(NCC(O)c1ccccc1Cl)c1cnc2n1CCOC2. The smallest absolute Gasteiger partial charge is 0.269 e. The van der Waals surface area contributed by atoms with Gasteiger partial charge < -0.3 is 19.7 Å². The highest BCUT2D eigenvalue weighted by atomic mass is 35.5. The summed E-state index contributed by atoms with van der Waals surface area (Å²) in [7, 11) is 0. The number of halogens is 1. The molecule has 0 bridgehead atoms. The molecule has 1 unspecified atom stereocenters. The molecule has 2 heterocycles. The quantitative estimate of drug-likeness (QED) is 0.895. The standard InChI is InChI=1S/C15H16ClN3O3/c16-11-4-2-1-3-10(11)13(20)8-18-15(21)12-7-17-14-9-22-6-5-19(12)14/h1-4,7,13,20H,5-6,8-9H2,(H,18,21). The van der Waals surface area contributed by atoms with Crippen LogP contribution in [-0.4, -0.2) is 33.7 Å². The van der Waals surface area contributed by atoms with E-state index >= 15 is 0 Å². The number of benzene rings is 1. The Morgan fingerprint density at radius 3 is 3.14 bits per heavy atom. The Hall–Kier alpha value is -1.89. The second kappa shape index (κ2) is 6.48. The summed E-state index contributed by atoms with van der Waals surface area (Å²) in [5.41, 5.74) is 1.07. The number of hydrogen-bond acceptors (Lipinski definition) is 4. The number of fused-ring (bicyclic) bond motifs is 1. The van der Waals surface area contributed by atoms with Crippen LogP contribution in [0.5, 0.6) is 0 Å². The van der Waals surface area contributed by atoms with Crippen LogP contribution in [-0.2, 0) is 17.9 Å². The zero-order valence-electron chi connectivity index (χ0n) is 11.8. The van der Waals surface area contributed by atoms with E-state index in [4.69, 9.17) is 16.3 Å². The van der Waals surface area contributed by atoms with Crippen LogP contribution in [0.15, 0.2) is 30.5 Å². The number of nitrogens with one attached hydrogen (secondary N) is 1. The number of aromatic nitrogens is 2. The van der Waals surface area contributed by atoms with Crippen LogP contribution < -0.4 is 5.32 Å². The molecule has 1 atom stereocenters. The summed E-state index contributed by atoms with van der Waals surface area (Å²) in [4.78, 5) is 16.4. The average molecular weight is 322 g/mol. The van der Waals surface area contributed by atoms with Crippen LogP contribution in [0.25, 0.3) is 0 Å². The van der Waals surface area contributed by atoms with Gasteiger partial charge in [-0.15, -0.1) is 0 Å². The van der Waals surface area contributed by atoms with Gasteiger partial charge in [-0.3, -0.25) is 4.79 Å². The van der Waals surface area contributed by atoms with Gasteiger partial charge in [0.2, 0.25) is 0 Å². The molecule has 0 fully saturated rings. The first-order valence-electron chi connectivity index (χ1n) is 6.99. The zero-order chi connectivity index (χ0) is 15.5. The molecule has 1 aliphatic rings. The molecule has 0 radical (unpaired) electrons. The van der Waals surface area contributed by atoms with Crippen LogP contribution >= 0.6 is 11.6 Å². The molecule has 0 saturated heterocycles. The number of carbonyl (C=O) groups excluding carboxylic acids is 1. The summed E-state index contributed by atoms with van der Waals surface area (Å²) in [5, 5.41) is 13.3. The molecular formula is C15H16ClN3O3. The molecule has 1 aliphatic heterocycles. The van der Waals surface area contributed by atoms with Crippen molar-refractivity contribution >= 4 is 17.5 Å². The Labute approximate surface area is 132 Å². The fraction of sp³-hybridized carbons (Fsp3) is 0.333. The van der Waals surface area contributed by atoms with Crippen LogP contribution in [0.2, 0.25) is 5.02 Å². The second-order valence-electron chi connectivity index (χ2n) is 5.01. The van der Waals surface area contributed by atoms with E-state index in [0.717, 1.165) is 5.82 Å². The Morgan fingerprint density at radius 2 is 2.32 bits per heavy atom. The largest absolute Gasteiger partial charge is 0.387 e. The number of rotatable bonds is 4. The van der Waals surface area contributed by atoms with Gasteiger partial charge in [0, 0.05) is 23.7 Å². The van der Waals surface area contributed by atoms with Crippen LogP contribution in [0, 0.1) is 0 Å². The van der Waals surface area contributed by atoms with Crippen molar-refractivity contribution in [1.82, 2.24) is 14.9 Å². The average Bonchev–Trinajstić information content (AvgIpc) is 2.97. The van der Waals surface area contributed by atoms with Gasteiger partial charge in [0.1, 0.15) is 18.1 Å². The van der Waals surface area contributed by atoms with E-state index in [1.807, 2.05) is 4.57 Å². The molecule has 22 heavy (non-hydrogen) atoms. The minimum absolute atomic E-state index is 0.0829. The lowest BCUT2D eigenvalue weighted by Crippen LogP contribution is -2.31. The molecule has 1 aromatic heterocycles. The number of aliphatic hydroxyl groups is 1. The van der Waals surface area contributed by atoms with Crippen molar-refractivity contribution in [2.24, 2.45) is 0 Å². The fourth-order valence-electron chi connectivity index (χ4n) is 2.41. The summed E-state index contributed by atoms with van der Waals surface area (Å²) < 4.78 is 7.12. The highest BCUT2D eigenvalue weighted by Gasteiger charge is 2.20. The Balaban J connectivity index is 1.65. The van der Waals surface area contributed by atoms with Gasteiger partial charge in [0.05, 0.1) is 18.9 Å². The highest BCUT2D eigenvalue weighted by molar-refractivity contribution is 6.31. The molecule has 1 aromatic carbocycles. The van der Waals surface area contributed by atoms with Crippen LogP contribution in [0.3, 0.4) is 0 Å². The van der Waals surface area contributed by atoms with Crippen LogP contribution in [0.1, 0.15) is 28.0 Å². The zero-order valence-corrected chi connectivity index (χ0v) is 12.6. The lowest BCUT2D eigenvalue weighted by Gasteiger charge is -2.17. The molecule has 2 aromatic rings. The number of imidazole rings is 1. The summed E-state index contributed by atoms with van der Waals surface area (Å²) in [6, 6.07) is 7.02. The number of amides is 1. The van der Waals surface area contributed by atoms with Crippen molar-refractivity contribution in [3.8, 4) is 0 Å². The Bertz CT molecular complexity index is 686. The molecule has 0 saturated carbocycles. The molecule has 1 amide bonds. The van der Waals surface area contributed by atoms with Crippen molar-refractivity contribution in [3.05, 3.63) is 52.6 Å². The van der Waals surface area contributed by atoms with Crippen LogP contribution in [0.4, 0.5) is 0 Å². The third-order valence-electron chi connectivity index (χ3n) is 3.58. The number of aliphatic hydroxyl groups excluding tert-OH is 1. The maximum atomic E-state index is 12.2. The van der Waals surface area contributed by atoms with E-state index in [0.29, 0.717) is 36.0 Å². The van der Waals surface area contributed by atoms with Crippen molar-refractivity contribution in [2.45, 2.75) is 19.3 Å². The minimum Gasteiger partial charge on any atom is -0.387 e. The normalized spacial score (nSPS) is 15.2. The van der Waals surface area contributed by atoms with Gasteiger partial charge in [0.25, 0.3) is 5.91 Å². The Kier molecular flexibility index (Phi) is 4.42. The van der Waals surface area contributed by atoms with Gasteiger partial charge in [-0.2, -0.15) is 0 Å². The lowest BCUT2D eigenvalue weighted by atomic mass is 10.1. The second-order valence-corrected chi connectivity index (χ2v) is 5.42. The number of ether oxygens (including phenoxy) is 1. The van der Waals surface area contributed by atoms with Crippen molar-refractivity contribution in [1.29, 1.82) is 0 Å². The van der Waals surface area contributed by atoms with E-state index < -0.39 is 6.10 Å². The van der Waals surface area contributed by atoms with Gasteiger partial charge in [0.15, 0.2) is 0 Å². The van der Waals surface area contributed by atoms with Crippen molar-refractivity contribution in [2.75, 3.05) is 13.2 Å². The predicted molar refractivity (Wildman–Crippen MR) is 80.6 cm³/mol. The topological polar surface area (TPSA) is 76.4 Å². The van der Waals surface area contributed by atoms with Gasteiger partial charge in [-0.1, -0.05) is 29.8 Å². The van der Waals surface area contributed by atoms with E-state index in [2.05, 4.69) is 10.3 Å². The summed E-state index contributed by atoms with van der Waals surface area (Å²) in [6.07, 6.45) is 0.672. The lowest BCUT2D eigenvalue weighted by molar-refractivity contribution is 0.0771. The maximum absolute atomic E-state index is 12.2. The fourth-order valence-corrected chi connectivity index (χ4v) is 2.68. The molecule has 2 N–H and O–H groups in total. The molecule has 116 valence electrons. The summed E-state index contributed by atoms with van der Waals surface area (Å²) in [5.74, 6) is 0.467. The van der Waals surface area contributed by atoms with Gasteiger partial charge >= 0.3 is 0 Å². The van der Waals surface area contributed by atoms with Gasteiger partial charge in [-0.25, -0.2) is 4.98 Å². The van der Waals surface area contributed by atoms with E-state index in [9.17, 15) is 9.90 Å². The molecule has 7 heteroatoms. The molecule has 6 nitrogen and oxygen atoms in total. The van der Waals surface area contributed by atoms with E-state index in [-0.39, 0.29) is 12.5 Å². The highest BCUT2D eigenvalue weighted by Crippen LogP contribution is 2.22. The van der Waals surface area contributed by atoms with Crippen molar-refractivity contribution < 1.29 is 14.6 Å². The third kappa shape index (κ3) is 2.99. The minimum atomic E-state index is -0.857. The number of nitrogens with zero attached hydrogens (tertiary/aromatic N) is 2. The summed E-state index contributed by atoms with van der Waals surface area (Å²) in [6.45, 7) is 1.66. The maximum Gasteiger partial charge on any atom is 0.269 e. The molecule has 0 aliphatic carbocycles. The third-order valence-corrected chi connectivity index (χ3v) is 3.93. The first-order valence-corrected chi connectivity index (χ1v) is 7.37. The summed E-state index contributed by atoms with van der Waals surface area (Å²) >= 11 is 6.03. The number of carbonyl (C=O) groups is 1. The van der Waals surface area contributed by atoms with Gasteiger partial charge in [-0.05, 0) is 6.07 Å². The monoisotopic (exact) mass is 321 g/mol. The van der Waals surface area contributed by atoms with E-state index in [1.165, 1.54) is 6.20 Å². The molecular weight excluding hydrogens is 306 g/mol. The predicted octanol–water partition coefficient (Wildman–Crippen LogP) is 1.53. The van der Waals surface area contributed by atoms with Crippen molar-refractivity contribution in [3.63, 3.8) is 0 Å². The first-order chi connectivity index (χ1) is 10.7. The number of hydrogen-bond donors (Lipinski definition) is 2.